The number of benzene rings is 1. The second-order valence-corrected chi connectivity index (χ2v) is 6.54. The smallest absolute Gasteiger partial charge is 0.146 e. The predicted molar refractivity (Wildman–Crippen MR) is 85.5 cm³/mol. The van der Waals surface area contributed by atoms with Gasteiger partial charge in [0.15, 0.2) is 0 Å². The molecule has 0 bridgehead atoms. The quantitative estimate of drug-likeness (QED) is 0.915. The number of aryl methyl sites for hydroxylation is 2. The predicted octanol–water partition coefficient (Wildman–Crippen LogP) is 4.23. The molecule has 2 rings (SSSR count). The van der Waals surface area contributed by atoms with Crippen molar-refractivity contribution in [2.24, 2.45) is 5.73 Å². The van der Waals surface area contributed by atoms with Gasteiger partial charge in [0.05, 0.1) is 6.54 Å². The number of hydrogen-bond donors (Lipinski definition) is 1. The Morgan fingerprint density at radius 2 is 1.81 bits per heavy atom. The van der Waals surface area contributed by atoms with Gasteiger partial charge in [-0.2, -0.15) is 0 Å². The van der Waals surface area contributed by atoms with Crippen molar-refractivity contribution in [3.05, 3.63) is 52.5 Å². The average Bonchev–Trinajstić information content (AvgIpc) is 2.76. The summed E-state index contributed by atoms with van der Waals surface area (Å²) in [6, 6.07) is 8.34. The normalized spacial score (nSPS) is 11.7. The molecule has 0 atom stereocenters. The largest absolute Gasteiger partial charge is 0.485 e. The van der Waals surface area contributed by atoms with E-state index in [9.17, 15) is 0 Å². The molecule has 21 heavy (non-hydrogen) atoms. The van der Waals surface area contributed by atoms with Crippen molar-refractivity contribution in [3.63, 3.8) is 0 Å². The first kappa shape index (κ1) is 15.6. The second-order valence-electron chi connectivity index (χ2n) is 6.54. The number of rotatable bonds is 4. The van der Waals surface area contributed by atoms with Gasteiger partial charge < -0.3 is 14.9 Å². The minimum atomic E-state index is 0.150. The minimum absolute atomic E-state index is 0.150. The Morgan fingerprint density at radius 1 is 1.10 bits per heavy atom. The highest BCUT2D eigenvalue weighted by Crippen LogP contribution is 2.28. The lowest BCUT2D eigenvalue weighted by molar-refractivity contribution is 0.264. The van der Waals surface area contributed by atoms with Crippen LogP contribution in [0.3, 0.4) is 0 Å². The van der Waals surface area contributed by atoms with Gasteiger partial charge in [-0.25, -0.2) is 0 Å². The molecular formula is C18H25NO2. The molecule has 0 aliphatic heterocycles. The Morgan fingerprint density at radius 3 is 2.33 bits per heavy atom. The molecule has 2 N–H and O–H groups in total. The zero-order valence-electron chi connectivity index (χ0n) is 13.6. The van der Waals surface area contributed by atoms with Crippen molar-refractivity contribution in [1.29, 1.82) is 0 Å². The number of furan rings is 1. The maximum atomic E-state index is 5.87. The van der Waals surface area contributed by atoms with E-state index in [1.165, 1.54) is 5.56 Å². The Kier molecular flexibility index (Phi) is 4.43. The molecule has 3 heteroatoms. The molecule has 3 nitrogen and oxygen atoms in total. The third-order valence-corrected chi connectivity index (χ3v) is 3.67. The molecule has 1 heterocycles. The summed E-state index contributed by atoms with van der Waals surface area (Å²) >= 11 is 0. The molecule has 0 radical (unpaired) electrons. The van der Waals surface area contributed by atoms with Crippen LogP contribution >= 0.6 is 0 Å². The third-order valence-electron chi connectivity index (χ3n) is 3.67. The zero-order chi connectivity index (χ0) is 15.6. The van der Waals surface area contributed by atoms with Crippen LogP contribution in [-0.2, 0) is 18.6 Å². The van der Waals surface area contributed by atoms with Gasteiger partial charge in [-0.1, -0.05) is 32.9 Å². The van der Waals surface area contributed by atoms with Gasteiger partial charge in [-0.3, -0.25) is 0 Å². The molecule has 0 unspecified atom stereocenters. The molecule has 0 amide bonds. The first-order valence-electron chi connectivity index (χ1n) is 7.33. The van der Waals surface area contributed by atoms with Gasteiger partial charge in [-0.05, 0) is 48.1 Å². The number of hydrogen-bond acceptors (Lipinski definition) is 3. The topological polar surface area (TPSA) is 48.4 Å². The summed E-state index contributed by atoms with van der Waals surface area (Å²) in [7, 11) is 0. The SMILES string of the molecule is Cc1cc(C(C)(C)C)ccc1OCc1cc(C)c(CN)o1. The summed E-state index contributed by atoms with van der Waals surface area (Å²) in [5.74, 6) is 2.53. The molecule has 0 aliphatic rings. The molecular weight excluding hydrogens is 262 g/mol. The van der Waals surface area contributed by atoms with E-state index in [0.717, 1.165) is 28.4 Å². The fourth-order valence-electron chi connectivity index (χ4n) is 2.29. The van der Waals surface area contributed by atoms with Crippen LogP contribution in [0.25, 0.3) is 0 Å². The molecule has 0 saturated carbocycles. The van der Waals surface area contributed by atoms with E-state index in [1.807, 2.05) is 19.1 Å². The molecule has 0 aliphatic carbocycles. The van der Waals surface area contributed by atoms with E-state index >= 15 is 0 Å². The van der Waals surface area contributed by atoms with Gasteiger partial charge in [0.2, 0.25) is 0 Å². The van der Waals surface area contributed by atoms with Crippen molar-refractivity contribution in [3.8, 4) is 5.75 Å². The third kappa shape index (κ3) is 3.67. The summed E-state index contributed by atoms with van der Waals surface area (Å²) < 4.78 is 11.5. The van der Waals surface area contributed by atoms with Crippen LogP contribution in [0.4, 0.5) is 0 Å². The highest BCUT2D eigenvalue weighted by Gasteiger charge is 2.15. The van der Waals surface area contributed by atoms with Gasteiger partial charge >= 0.3 is 0 Å². The van der Waals surface area contributed by atoms with Crippen molar-refractivity contribution in [1.82, 2.24) is 0 Å². The Bertz CT molecular complexity index is 621. The van der Waals surface area contributed by atoms with E-state index in [2.05, 4.69) is 39.8 Å². The molecule has 0 saturated heterocycles. The lowest BCUT2D eigenvalue weighted by Gasteiger charge is -2.20. The van der Waals surface area contributed by atoms with Gasteiger partial charge in [-0.15, -0.1) is 0 Å². The molecule has 1 aromatic heterocycles. The summed E-state index contributed by atoms with van der Waals surface area (Å²) in [5.41, 5.74) is 9.30. The van der Waals surface area contributed by atoms with Crippen LogP contribution in [0.2, 0.25) is 0 Å². The van der Waals surface area contributed by atoms with Crippen LogP contribution in [0, 0.1) is 13.8 Å². The lowest BCUT2D eigenvalue weighted by atomic mass is 9.86. The van der Waals surface area contributed by atoms with Crippen LogP contribution in [0.15, 0.2) is 28.7 Å². The Labute approximate surface area is 127 Å². The van der Waals surface area contributed by atoms with Crippen LogP contribution in [0.5, 0.6) is 5.75 Å². The highest BCUT2D eigenvalue weighted by atomic mass is 16.5. The number of nitrogens with two attached hydrogens (primary N) is 1. The summed E-state index contributed by atoms with van der Waals surface area (Å²) in [6.45, 7) is 11.6. The standard InChI is InChI=1S/C18H25NO2/c1-12-8-14(18(3,4)5)6-7-16(12)20-11-15-9-13(2)17(10-19)21-15/h6-9H,10-11,19H2,1-5H3. The molecule has 1 aromatic carbocycles. The van der Waals surface area contributed by atoms with Crippen molar-refractivity contribution < 1.29 is 9.15 Å². The van der Waals surface area contributed by atoms with E-state index in [-0.39, 0.29) is 5.41 Å². The van der Waals surface area contributed by atoms with Crippen molar-refractivity contribution in [2.75, 3.05) is 0 Å². The second kappa shape index (κ2) is 5.94. The first-order valence-corrected chi connectivity index (χ1v) is 7.33. The van der Waals surface area contributed by atoms with Crippen LogP contribution in [-0.4, -0.2) is 0 Å². The monoisotopic (exact) mass is 287 g/mol. The van der Waals surface area contributed by atoms with E-state index in [1.54, 1.807) is 0 Å². The first-order chi connectivity index (χ1) is 9.81. The fourth-order valence-corrected chi connectivity index (χ4v) is 2.29. The number of ether oxygens (including phenoxy) is 1. The van der Waals surface area contributed by atoms with E-state index < -0.39 is 0 Å². The summed E-state index contributed by atoms with van der Waals surface area (Å²) in [5, 5.41) is 0. The van der Waals surface area contributed by atoms with Crippen molar-refractivity contribution in [2.45, 2.75) is 53.2 Å². The van der Waals surface area contributed by atoms with Crippen LogP contribution in [0.1, 0.15) is 49.0 Å². The summed E-state index contributed by atoms with van der Waals surface area (Å²) in [6.07, 6.45) is 0. The minimum Gasteiger partial charge on any atom is -0.485 e. The molecule has 114 valence electrons. The van der Waals surface area contributed by atoms with Crippen LogP contribution < -0.4 is 10.5 Å². The maximum Gasteiger partial charge on any atom is 0.146 e. The van der Waals surface area contributed by atoms with Gasteiger partial charge in [0.25, 0.3) is 0 Å². The summed E-state index contributed by atoms with van der Waals surface area (Å²) in [4.78, 5) is 0. The Hall–Kier alpha value is -1.74. The lowest BCUT2D eigenvalue weighted by Crippen LogP contribution is -2.11. The Balaban J connectivity index is 2.09. The van der Waals surface area contributed by atoms with Gasteiger partial charge in [0, 0.05) is 0 Å². The van der Waals surface area contributed by atoms with E-state index in [0.29, 0.717) is 13.2 Å². The van der Waals surface area contributed by atoms with Gasteiger partial charge in [0.1, 0.15) is 23.9 Å². The van der Waals surface area contributed by atoms with Crippen molar-refractivity contribution >= 4 is 0 Å². The average molecular weight is 287 g/mol. The zero-order valence-corrected chi connectivity index (χ0v) is 13.6. The fraction of sp³-hybridized carbons (Fsp3) is 0.444. The molecule has 0 fully saturated rings. The molecule has 0 spiro atoms. The maximum absolute atomic E-state index is 5.87. The highest BCUT2D eigenvalue weighted by molar-refractivity contribution is 5.38. The molecule has 2 aromatic rings. The van der Waals surface area contributed by atoms with E-state index in [4.69, 9.17) is 14.9 Å².